The van der Waals surface area contributed by atoms with Crippen molar-refractivity contribution in [2.45, 2.75) is 0 Å². The Bertz CT molecular complexity index is 998. The predicted octanol–water partition coefficient (Wildman–Crippen LogP) is 3.36. The van der Waals surface area contributed by atoms with Gasteiger partial charge in [-0.3, -0.25) is 4.79 Å². The third kappa shape index (κ3) is 2.19. The fraction of sp³-hybridized carbons (Fsp3) is 0. The molecule has 1 amide bonds. The summed E-state index contributed by atoms with van der Waals surface area (Å²) in [5.74, 6) is -1.24. The second kappa shape index (κ2) is 4.84. The lowest BCUT2D eigenvalue weighted by Gasteiger charge is -2.01. The van der Waals surface area contributed by atoms with Crippen LogP contribution in [-0.4, -0.2) is 22.0 Å². The highest BCUT2D eigenvalue weighted by Crippen LogP contribution is 2.34. The van der Waals surface area contributed by atoms with E-state index in [4.69, 9.17) is 5.11 Å². The first-order valence-electron chi connectivity index (χ1n) is 7.10. The van der Waals surface area contributed by atoms with E-state index in [0.717, 1.165) is 16.5 Å². The lowest BCUT2D eigenvalue weighted by molar-refractivity contribution is -0.110. The number of H-pyrrole nitrogens is 1. The van der Waals surface area contributed by atoms with Crippen molar-refractivity contribution >= 4 is 40.1 Å². The van der Waals surface area contributed by atoms with E-state index in [1.807, 2.05) is 30.5 Å². The van der Waals surface area contributed by atoms with Gasteiger partial charge in [0.05, 0.1) is 5.56 Å². The third-order valence-corrected chi connectivity index (χ3v) is 3.94. The van der Waals surface area contributed by atoms with Gasteiger partial charge >= 0.3 is 5.97 Å². The summed E-state index contributed by atoms with van der Waals surface area (Å²) in [4.78, 5) is 26.5. The number of anilines is 1. The van der Waals surface area contributed by atoms with Gasteiger partial charge in [-0.05, 0) is 53.4 Å². The number of aromatic carboxylic acids is 1. The molecule has 0 bridgehead atoms. The monoisotopic (exact) mass is 304 g/mol. The Morgan fingerprint density at radius 2 is 1.96 bits per heavy atom. The quantitative estimate of drug-likeness (QED) is 0.635. The molecule has 2 heterocycles. The largest absolute Gasteiger partial charge is 0.478 e. The smallest absolute Gasteiger partial charge is 0.335 e. The maximum Gasteiger partial charge on any atom is 0.335 e. The summed E-state index contributed by atoms with van der Waals surface area (Å²) in [7, 11) is 0. The van der Waals surface area contributed by atoms with Crippen LogP contribution in [0, 0.1) is 0 Å². The van der Waals surface area contributed by atoms with Crippen molar-refractivity contribution in [3.05, 3.63) is 65.4 Å². The van der Waals surface area contributed by atoms with Crippen LogP contribution in [0.5, 0.6) is 0 Å². The minimum Gasteiger partial charge on any atom is -0.478 e. The topological polar surface area (TPSA) is 82.2 Å². The molecule has 3 N–H and O–H groups in total. The summed E-state index contributed by atoms with van der Waals surface area (Å²) in [6.45, 7) is 0. The zero-order valence-electron chi connectivity index (χ0n) is 12.0. The number of hydrogen-bond acceptors (Lipinski definition) is 2. The summed E-state index contributed by atoms with van der Waals surface area (Å²) in [6, 6.07) is 12.4. The number of aromatic nitrogens is 1. The average molecular weight is 304 g/mol. The highest BCUT2D eigenvalue weighted by molar-refractivity contribution is 6.35. The number of rotatable bonds is 2. The number of amides is 1. The normalized spacial score (nSPS) is 15.0. The molecule has 0 unspecified atom stereocenters. The van der Waals surface area contributed by atoms with Gasteiger partial charge in [0.1, 0.15) is 0 Å². The molecule has 5 nitrogen and oxygen atoms in total. The number of aromatic amines is 1. The molecule has 0 atom stereocenters. The zero-order chi connectivity index (χ0) is 16.0. The molecule has 3 aromatic rings. The standard InChI is InChI=1S/C18H12N2O3/c21-17-14(8-10-1-3-15-11(7-10)5-6-19-15)13-9-12(18(22)23)2-4-16(13)20-17/h1-9,19H,(H,20,21)(H,22,23)/b14-8-. The van der Waals surface area contributed by atoms with Crippen molar-refractivity contribution in [3.8, 4) is 0 Å². The van der Waals surface area contributed by atoms with Gasteiger partial charge in [0.25, 0.3) is 5.91 Å². The van der Waals surface area contributed by atoms with Gasteiger partial charge in [-0.25, -0.2) is 4.79 Å². The van der Waals surface area contributed by atoms with E-state index >= 15 is 0 Å². The molecular formula is C18H12N2O3. The summed E-state index contributed by atoms with van der Waals surface area (Å²) in [5.41, 5.74) is 3.79. The Balaban J connectivity index is 1.84. The van der Waals surface area contributed by atoms with Crippen LogP contribution >= 0.6 is 0 Å². The van der Waals surface area contributed by atoms with E-state index < -0.39 is 5.97 Å². The molecule has 0 aliphatic carbocycles. The minimum absolute atomic E-state index is 0.159. The van der Waals surface area contributed by atoms with E-state index in [0.29, 0.717) is 16.8 Å². The Morgan fingerprint density at radius 3 is 2.78 bits per heavy atom. The summed E-state index contributed by atoms with van der Waals surface area (Å²) < 4.78 is 0. The molecule has 4 rings (SSSR count). The van der Waals surface area contributed by atoms with Gasteiger partial charge in [0.15, 0.2) is 0 Å². The van der Waals surface area contributed by atoms with Gasteiger partial charge in [-0.1, -0.05) is 6.07 Å². The highest BCUT2D eigenvalue weighted by atomic mass is 16.4. The fourth-order valence-electron chi connectivity index (χ4n) is 2.79. The zero-order valence-corrected chi connectivity index (χ0v) is 12.0. The van der Waals surface area contributed by atoms with Gasteiger partial charge in [0.2, 0.25) is 0 Å². The molecule has 0 saturated carbocycles. The first-order valence-corrected chi connectivity index (χ1v) is 7.10. The molecule has 23 heavy (non-hydrogen) atoms. The average Bonchev–Trinajstić information content (AvgIpc) is 3.11. The molecule has 0 saturated heterocycles. The van der Waals surface area contributed by atoms with Crippen LogP contribution in [-0.2, 0) is 4.79 Å². The van der Waals surface area contributed by atoms with Crippen molar-refractivity contribution in [1.29, 1.82) is 0 Å². The number of carbonyl (C=O) groups is 2. The Labute approximate surface area is 131 Å². The van der Waals surface area contributed by atoms with Gasteiger partial charge in [-0.2, -0.15) is 0 Å². The molecule has 112 valence electrons. The molecule has 0 spiro atoms. The number of fused-ring (bicyclic) bond motifs is 2. The summed E-state index contributed by atoms with van der Waals surface area (Å²) in [6.07, 6.45) is 3.64. The van der Waals surface area contributed by atoms with Gasteiger partial charge in [-0.15, -0.1) is 0 Å². The van der Waals surface area contributed by atoms with Gasteiger partial charge in [0, 0.05) is 28.5 Å². The van der Waals surface area contributed by atoms with E-state index in [-0.39, 0.29) is 11.5 Å². The maximum atomic E-state index is 12.2. The number of nitrogens with one attached hydrogen (secondary N) is 2. The predicted molar refractivity (Wildman–Crippen MR) is 88.2 cm³/mol. The molecule has 1 aliphatic rings. The van der Waals surface area contributed by atoms with Crippen LogP contribution in [0.3, 0.4) is 0 Å². The van der Waals surface area contributed by atoms with Crippen molar-refractivity contribution < 1.29 is 14.7 Å². The number of carboxylic acid groups (broad SMARTS) is 1. The number of benzene rings is 2. The minimum atomic E-state index is -1.01. The lowest BCUT2D eigenvalue weighted by Crippen LogP contribution is -2.03. The second-order valence-electron chi connectivity index (χ2n) is 5.40. The highest BCUT2D eigenvalue weighted by Gasteiger charge is 2.25. The van der Waals surface area contributed by atoms with E-state index in [1.165, 1.54) is 12.1 Å². The summed E-state index contributed by atoms with van der Waals surface area (Å²) >= 11 is 0. The van der Waals surface area contributed by atoms with Crippen molar-refractivity contribution in [3.63, 3.8) is 0 Å². The van der Waals surface area contributed by atoms with Crippen molar-refractivity contribution in [1.82, 2.24) is 4.98 Å². The van der Waals surface area contributed by atoms with Gasteiger partial charge < -0.3 is 15.4 Å². The second-order valence-corrected chi connectivity index (χ2v) is 5.40. The van der Waals surface area contributed by atoms with E-state index in [9.17, 15) is 9.59 Å². The number of carbonyl (C=O) groups excluding carboxylic acids is 1. The van der Waals surface area contributed by atoms with Crippen molar-refractivity contribution in [2.75, 3.05) is 5.32 Å². The Kier molecular flexibility index (Phi) is 2.81. The summed E-state index contributed by atoms with van der Waals surface area (Å²) in [5, 5.41) is 12.9. The molecule has 1 aliphatic heterocycles. The number of hydrogen-bond donors (Lipinski definition) is 3. The molecule has 0 radical (unpaired) electrons. The Hall–Kier alpha value is -3.34. The fourth-order valence-corrected chi connectivity index (χ4v) is 2.79. The van der Waals surface area contributed by atoms with Crippen molar-refractivity contribution in [2.24, 2.45) is 0 Å². The first-order chi connectivity index (χ1) is 11.1. The van der Waals surface area contributed by atoms with E-state index in [2.05, 4.69) is 10.3 Å². The molecule has 1 aromatic heterocycles. The van der Waals surface area contributed by atoms with Crippen LogP contribution in [0.4, 0.5) is 5.69 Å². The van der Waals surface area contributed by atoms with Crippen LogP contribution in [0.2, 0.25) is 0 Å². The maximum absolute atomic E-state index is 12.2. The van der Waals surface area contributed by atoms with Crippen LogP contribution < -0.4 is 5.32 Å². The lowest BCUT2D eigenvalue weighted by atomic mass is 10.0. The van der Waals surface area contributed by atoms with Crippen LogP contribution in [0.1, 0.15) is 21.5 Å². The van der Waals surface area contributed by atoms with E-state index in [1.54, 1.807) is 12.1 Å². The number of carboxylic acids is 1. The molecular weight excluding hydrogens is 292 g/mol. The Morgan fingerprint density at radius 1 is 1.09 bits per heavy atom. The molecule has 0 fully saturated rings. The molecule has 2 aromatic carbocycles. The first kappa shape index (κ1) is 13.3. The third-order valence-electron chi connectivity index (χ3n) is 3.94. The molecule has 5 heteroatoms. The van der Waals surface area contributed by atoms with Crippen LogP contribution in [0.15, 0.2) is 48.7 Å². The SMILES string of the molecule is O=C1Nc2ccc(C(=O)O)cc2/C1=C/c1ccc2[nH]ccc2c1. The van der Waals surface area contributed by atoms with Crippen LogP contribution in [0.25, 0.3) is 22.6 Å².